The number of amides is 2. The molecular formula is C19H19ClN2O3. The van der Waals surface area contributed by atoms with Crippen LogP contribution in [-0.2, 0) is 16.0 Å². The summed E-state index contributed by atoms with van der Waals surface area (Å²) in [6.45, 7) is 2.05. The van der Waals surface area contributed by atoms with Crippen molar-refractivity contribution in [3.8, 4) is 5.75 Å². The van der Waals surface area contributed by atoms with Crippen LogP contribution in [0.25, 0.3) is 0 Å². The highest BCUT2D eigenvalue weighted by Crippen LogP contribution is 2.27. The summed E-state index contributed by atoms with van der Waals surface area (Å²) >= 11 is 6.03. The van der Waals surface area contributed by atoms with E-state index < -0.39 is 0 Å². The number of carbonyl (C=O) groups is 2. The van der Waals surface area contributed by atoms with Gasteiger partial charge in [0.2, 0.25) is 11.8 Å². The van der Waals surface area contributed by atoms with Gasteiger partial charge in [0.1, 0.15) is 12.4 Å². The lowest BCUT2D eigenvalue weighted by Crippen LogP contribution is -2.40. The SMILES string of the molecule is Cc1c(Cl)cccc1NC(=O)CNC(=O)[C@@H]1COc2ccccc2C1. The standard InChI is InChI=1S/C19H19ClN2O3/c1-12-15(20)6-4-7-16(12)22-18(23)10-21-19(24)14-9-13-5-2-3-8-17(13)25-11-14/h2-8,14H,9-11H2,1H3,(H,21,24)(H,22,23)/t14-/m0/s1. The van der Waals surface area contributed by atoms with Gasteiger partial charge in [-0.1, -0.05) is 35.9 Å². The molecule has 1 atom stereocenters. The predicted octanol–water partition coefficient (Wildman–Crippen LogP) is 2.95. The smallest absolute Gasteiger partial charge is 0.243 e. The zero-order chi connectivity index (χ0) is 17.8. The third-order valence-electron chi connectivity index (χ3n) is 4.21. The number of para-hydroxylation sites is 1. The van der Waals surface area contributed by atoms with Crippen LogP contribution in [0.1, 0.15) is 11.1 Å². The van der Waals surface area contributed by atoms with E-state index in [1.54, 1.807) is 18.2 Å². The molecule has 2 aromatic carbocycles. The second-order valence-electron chi connectivity index (χ2n) is 6.00. The van der Waals surface area contributed by atoms with Gasteiger partial charge in [-0.2, -0.15) is 0 Å². The highest BCUT2D eigenvalue weighted by Gasteiger charge is 2.25. The Kier molecular flexibility index (Phi) is 5.24. The van der Waals surface area contributed by atoms with E-state index in [0.717, 1.165) is 16.9 Å². The Bertz CT molecular complexity index is 807. The van der Waals surface area contributed by atoms with Crippen LogP contribution in [0.5, 0.6) is 5.75 Å². The third kappa shape index (κ3) is 4.12. The summed E-state index contributed by atoms with van der Waals surface area (Å²) in [7, 11) is 0. The molecule has 0 fully saturated rings. The molecule has 2 amide bonds. The second-order valence-corrected chi connectivity index (χ2v) is 6.41. The Morgan fingerprint density at radius 1 is 1.20 bits per heavy atom. The van der Waals surface area contributed by atoms with Crippen molar-refractivity contribution in [3.63, 3.8) is 0 Å². The maximum Gasteiger partial charge on any atom is 0.243 e. The van der Waals surface area contributed by atoms with Crippen LogP contribution in [0.2, 0.25) is 5.02 Å². The lowest BCUT2D eigenvalue weighted by atomic mass is 9.96. The van der Waals surface area contributed by atoms with Gasteiger partial charge in [0, 0.05) is 10.7 Å². The zero-order valence-electron chi connectivity index (χ0n) is 13.8. The number of fused-ring (bicyclic) bond motifs is 1. The first kappa shape index (κ1) is 17.3. The highest BCUT2D eigenvalue weighted by atomic mass is 35.5. The topological polar surface area (TPSA) is 67.4 Å². The van der Waals surface area contributed by atoms with E-state index in [2.05, 4.69) is 10.6 Å². The number of hydrogen-bond donors (Lipinski definition) is 2. The normalized spacial score (nSPS) is 15.7. The second kappa shape index (κ2) is 7.57. The quantitative estimate of drug-likeness (QED) is 0.883. The Balaban J connectivity index is 1.52. The number of benzene rings is 2. The summed E-state index contributed by atoms with van der Waals surface area (Å²) in [4.78, 5) is 24.4. The van der Waals surface area contributed by atoms with Gasteiger partial charge in [-0.25, -0.2) is 0 Å². The van der Waals surface area contributed by atoms with Crippen molar-refractivity contribution in [2.45, 2.75) is 13.3 Å². The number of nitrogens with one attached hydrogen (secondary N) is 2. The number of anilines is 1. The molecule has 0 radical (unpaired) electrons. The van der Waals surface area contributed by atoms with Gasteiger partial charge in [0.15, 0.2) is 0 Å². The molecule has 130 valence electrons. The number of halogens is 1. The lowest BCUT2D eigenvalue weighted by molar-refractivity contribution is -0.128. The summed E-state index contributed by atoms with van der Waals surface area (Å²) in [5, 5.41) is 6.01. The first-order valence-electron chi connectivity index (χ1n) is 8.08. The fourth-order valence-electron chi connectivity index (χ4n) is 2.75. The molecule has 0 unspecified atom stereocenters. The Morgan fingerprint density at radius 3 is 2.84 bits per heavy atom. The van der Waals surface area contributed by atoms with E-state index in [4.69, 9.17) is 16.3 Å². The molecule has 25 heavy (non-hydrogen) atoms. The van der Waals surface area contributed by atoms with Gasteiger partial charge in [-0.15, -0.1) is 0 Å². The fourth-order valence-corrected chi connectivity index (χ4v) is 2.92. The van der Waals surface area contributed by atoms with Crippen molar-refractivity contribution in [2.24, 2.45) is 5.92 Å². The summed E-state index contributed by atoms with van der Waals surface area (Å²) in [5.41, 5.74) is 2.44. The lowest BCUT2D eigenvalue weighted by Gasteiger charge is -2.24. The van der Waals surface area contributed by atoms with Crippen LogP contribution >= 0.6 is 11.6 Å². The van der Waals surface area contributed by atoms with Gasteiger partial charge in [-0.05, 0) is 42.7 Å². The molecule has 6 heteroatoms. The molecule has 0 aromatic heterocycles. The summed E-state index contributed by atoms with van der Waals surface area (Å²) in [6.07, 6.45) is 0.608. The minimum atomic E-state index is -0.296. The van der Waals surface area contributed by atoms with Gasteiger partial charge < -0.3 is 15.4 Å². The molecule has 0 saturated heterocycles. The predicted molar refractivity (Wildman–Crippen MR) is 97.0 cm³/mol. The Labute approximate surface area is 151 Å². The van der Waals surface area contributed by atoms with Crippen LogP contribution in [0, 0.1) is 12.8 Å². The van der Waals surface area contributed by atoms with E-state index >= 15 is 0 Å². The maximum atomic E-state index is 12.3. The van der Waals surface area contributed by atoms with E-state index in [1.165, 1.54) is 0 Å². The third-order valence-corrected chi connectivity index (χ3v) is 4.62. The molecule has 3 rings (SSSR count). The van der Waals surface area contributed by atoms with E-state index in [9.17, 15) is 9.59 Å². The van der Waals surface area contributed by atoms with Crippen molar-refractivity contribution in [3.05, 3.63) is 58.6 Å². The number of ether oxygens (including phenoxy) is 1. The van der Waals surface area contributed by atoms with Crippen LogP contribution in [-0.4, -0.2) is 25.0 Å². The fraction of sp³-hybridized carbons (Fsp3) is 0.263. The number of hydrogen-bond acceptors (Lipinski definition) is 3. The molecule has 5 nitrogen and oxygen atoms in total. The minimum Gasteiger partial charge on any atom is -0.492 e. The molecule has 2 aromatic rings. The van der Waals surface area contributed by atoms with Crippen molar-refractivity contribution in [2.75, 3.05) is 18.5 Å². The highest BCUT2D eigenvalue weighted by molar-refractivity contribution is 6.31. The molecule has 1 aliphatic rings. The van der Waals surface area contributed by atoms with Gasteiger partial charge in [0.05, 0.1) is 12.5 Å². The monoisotopic (exact) mass is 358 g/mol. The maximum absolute atomic E-state index is 12.3. The van der Waals surface area contributed by atoms with Gasteiger partial charge >= 0.3 is 0 Å². The largest absolute Gasteiger partial charge is 0.492 e. The molecule has 0 saturated carbocycles. The van der Waals surface area contributed by atoms with Crippen molar-refractivity contribution < 1.29 is 14.3 Å². The number of carbonyl (C=O) groups excluding carboxylic acids is 2. The average Bonchev–Trinajstić information content (AvgIpc) is 2.63. The molecule has 1 aliphatic heterocycles. The average molecular weight is 359 g/mol. The van der Waals surface area contributed by atoms with E-state index in [-0.39, 0.29) is 24.3 Å². The Morgan fingerprint density at radius 2 is 2.00 bits per heavy atom. The van der Waals surface area contributed by atoms with Crippen molar-refractivity contribution in [1.29, 1.82) is 0 Å². The van der Waals surface area contributed by atoms with Crippen molar-refractivity contribution in [1.82, 2.24) is 5.32 Å². The van der Waals surface area contributed by atoms with Crippen molar-refractivity contribution >= 4 is 29.1 Å². The van der Waals surface area contributed by atoms with E-state index in [0.29, 0.717) is 23.7 Å². The molecule has 2 N–H and O–H groups in total. The van der Waals surface area contributed by atoms with Crippen LogP contribution in [0.4, 0.5) is 5.69 Å². The summed E-state index contributed by atoms with van der Waals surface area (Å²) in [5.74, 6) is 0.0413. The molecule has 1 heterocycles. The van der Waals surface area contributed by atoms with E-state index in [1.807, 2.05) is 31.2 Å². The van der Waals surface area contributed by atoms with Gasteiger partial charge in [-0.3, -0.25) is 9.59 Å². The molecule has 0 bridgehead atoms. The summed E-state index contributed by atoms with van der Waals surface area (Å²) in [6, 6.07) is 13.0. The first-order valence-corrected chi connectivity index (χ1v) is 8.46. The minimum absolute atomic E-state index is 0.0943. The molecular weight excluding hydrogens is 340 g/mol. The van der Waals surface area contributed by atoms with Crippen LogP contribution in [0.3, 0.4) is 0 Å². The number of rotatable bonds is 4. The Hall–Kier alpha value is -2.53. The molecule has 0 aliphatic carbocycles. The summed E-state index contributed by atoms with van der Waals surface area (Å²) < 4.78 is 5.61. The van der Waals surface area contributed by atoms with Crippen LogP contribution < -0.4 is 15.4 Å². The zero-order valence-corrected chi connectivity index (χ0v) is 14.6. The van der Waals surface area contributed by atoms with Crippen LogP contribution in [0.15, 0.2) is 42.5 Å². The molecule has 0 spiro atoms. The van der Waals surface area contributed by atoms with Gasteiger partial charge in [0.25, 0.3) is 0 Å². The first-order chi connectivity index (χ1) is 12.0.